The van der Waals surface area contributed by atoms with E-state index in [2.05, 4.69) is 55.9 Å². The summed E-state index contributed by atoms with van der Waals surface area (Å²) in [7, 11) is 0. The summed E-state index contributed by atoms with van der Waals surface area (Å²) in [5.74, 6) is 1.25. The third kappa shape index (κ3) is 4.71. The van der Waals surface area contributed by atoms with Crippen molar-refractivity contribution in [3.8, 4) is 5.69 Å². The fourth-order valence-electron chi connectivity index (χ4n) is 6.27. The zero-order valence-electron chi connectivity index (χ0n) is 21.3. The largest absolute Gasteiger partial charge is 0.355 e. The van der Waals surface area contributed by atoms with Gasteiger partial charge in [0.2, 0.25) is 5.91 Å². The Morgan fingerprint density at radius 1 is 0.889 bits per heavy atom. The Hall–Kier alpha value is -3.00. The fourth-order valence-corrected chi connectivity index (χ4v) is 6.27. The average molecular weight is 488 g/mol. The second-order valence-electron chi connectivity index (χ2n) is 10.8. The lowest BCUT2D eigenvalue weighted by atomic mass is 9.94. The number of piperidine rings is 3. The van der Waals surface area contributed by atoms with E-state index in [0.717, 1.165) is 62.2 Å². The predicted octanol–water partition coefficient (Wildman–Crippen LogP) is 3.82. The number of carbonyl (C=O) groups is 1. The van der Waals surface area contributed by atoms with Gasteiger partial charge in [-0.05, 0) is 70.7 Å². The van der Waals surface area contributed by atoms with Gasteiger partial charge in [-0.2, -0.15) is 0 Å². The van der Waals surface area contributed by atoms with Crippen LogP contribution in [-0.2, 0) is 4.79 Å². The van der Waals surface area contributed by atoms with Gasteiger partial charge >= 0.3 is 0 Å². The zero-order valence-corrected chi connectivity index (χ0v) is 21.3. The van der Waals surface area contributed by atoms with Crippen molar-refractivity contribution < 1.29 is 4.79 Å². The zero-order chi connectivity index (χ0) is 24.5. The van der Waals surface area contributed by atoms with E-state index in [-0.39, 0.29) is 5.92 Å². The molecule has 1 aromatic carbocycles. The number of nitrogens with zero attached hydrogens (tertiary/aromatic N) is 7. The number of aromatic nitrogens is 4. The van der Waals surface area contributed by atoms with Crippen molar-refractivity contribution in [1.29, 1.82) is 0 Å². The minimum atomic E-state index is 0.0300. The van der Waals surface area contributed by atoms with Gasteiger partial charge in [0.25, 0.3) is 0 Å². The topological polar surface area (TPSA) is 70.4 Å². The smallest absolute Gasteiger partial charge is 0.227 e. The number of rotatable bonds is 4. The standard InChI is InChI=1S/C28H37N7O/c1-21-7-9-24(10-8-21)35-19-25-26(31-35)29-20-30-27(25)34-15-5-6-22(18-34)28(36)33-16-11-23(12-17-33)32-13-3-2-4-14-32/h7-10,19-20,22-23H,2-6,11-18H2,1H3/t22-/m1/s1. The second kappa shape index (κ2) is 10.2. The molecule has 8 nitrogen and oxygen atoms in total. The summed E-state index contributed by atoms with van der Waals surface area (Å²) in [5.41, 5.74) is 2.91. The Balaban J connectivity index is 1.14. The number of amides is 1. The van der Waals surface area contributed by atoms with Crippen molar-refractivity contribution in [3.05, 3.63) is 42.4 Å². The molecule has 5 heterocycles. The van der Waals surface area contributed by atoms with Crippen molar-refractivity contribution in [3.63, 3.8) is 0 Å². The Morgan fingerprint density at radius 2 is 1.67 bits per heavy atom. The number of aryl methyl sites for hydroxylation is 1. The predicted molar refractivity (Wildman–Crippen MR) is 141 cm³/mol. The highest BCUT2D eigenvalue weighted by atomic mass is 16.2. The van der Waals surface area contributed by atoms with Crippen LogP contribution in [0.5, 0.6) is 0 Å². The summed E-state index contributed by atoms with van der Waals surface area (Å²) in [6.45, 7) is 7.98. The molecular weight excluding hydrogens is 450 g/mol. The molecule has 6 rings (SSSR count). The molecule has 36 heavy (non-hydrogen) atoms. The summed E-state index contributed by atoms with van der Waals surface area (Å²) < 4.78 is 1.88. The lowest BCUT2D eigenvalue weighted by Crippen LogP contribution is -2.51. The van der Waals surface area contributed by atoms with Crippen molar-refractivity contribution in [1.82, 2.24) is 29.5 Å². The first-order chi connectivity index (χ1) is 17.7. The minimum absolute atomic E-state index is 0.0300. The highest BCUT2D eigenvalue weighted by molar-refractivity contribution is 5.87. The van der Waals surface area contributed by atoms with Crippen LogP contribution < -0.4 is 4.90 Å². The molecule has 0 spiro atoms. The molecule has 2 aromatic heterocycles. The molecule has 8 heteroatoms. The van der Waals surface area contributed by atoms with Crippen molar-refractivity contribution in [2.45, 2.75) is 57.9 Å². The maximum Gasteiger partial charge on any atom is 0.227 e. The lowest BCUT2D eigenvalue weighted by Gasteiger charge is -2.42. The maximum absolute atomic E-state index is 13.5. The SMILES string of the molecule is Cc1ccc(-n2cc3c(N4CCC[C@@H](C(=O)N5CCC(N6CCCCC6)CC5)C4)ncnc3n2)cc1. The molecule has 0 unspecified atom stereocenters. The van der Waals surface area contributed by atoms with Crippen molar-refractivity contribution in [2.24, 2.45) is 5.92 Å². The van der Waals surface area contributed by atoms with Crippen LogP contribution in [0.1, 0.15) is 50.5 Å². The molecule has 190 valence electrons. The number of hydrogen-bond donors (Lipinski definition) is 0. The van der Waals surface area contributed by atoms with Gasteiger partial charge in [-0.25, -0.2) is 14.6 Å². The molecule has 3 aliphatic rings. The Kier molecular flexibility index (Phi) is 6.61. The van der Waals surface area contributed by atoms with Crippen LogP contribution in [-0.4, -0.2) is 80.8 Å². The summed E-state index contributed by atoms with van der Waals surface area (Å²) >= 11 is 0. The first-order valence-electron chi connectivity index (χ1n) is 13.7. The monoisotopic (exact) mass is 487 g/mol. The summed E-state index contributed by atoms with van der Waals surface area (Å²) in [6, 6.07) is 8.97. The van der Waals surface area contributed by atoms with Gasteiger partial charge in [0, 0.05) is 38.4 Å². The molecular formula is C28H37N7O. The maximum atomic E-state index is 13.5. The summed E-state index contributed by atoms with van der Waals surface area (Å²) in [6.07, 6.45) is 11.8. The third-order valence-corrected chi connectivity index (χ3v) is 8.35. The van der Waals surface area contributed by atoms with Crippen LogP contribution in [0, 0.1) is 12.8 Å². The quantitative estimate of drug-likeness (QED) is 0.557. The van der Waals surface area contributed by atoms with Gasteiger partial charge in [0.05, 0.1) is 17.0 Å². The van der Waals surface area contributed by atoms with Crippen LogP contribution in [0.3, 0.4) is 0 Å². The van der Waals surface area contributed by atoms with E-state index >= 15 is 0 Å². The summed E-state index contributed by atoms with van der Waals surface area (Å²) in [5, 5.41) is 5.64. The molecule has 0 bridgehead atoms. The number of carbonyl (C=O) groups excluding carboxylic acids is 1. The van der Waals surface area contributed by atoms with Crippen LogP contribution >= 0.6 is 0 Å². The molecule has 3 aromatic rings. The van der Waals surface area contributed by atoms with E-state index < -0.39 is 0 Å². The molecule has 0 aliphatic carbocycles. The Bertz CT molecular complexity index is 1190. The number of benzene rings is 1. The van der Waals surface area contributed by atoms with Gasteiger partial charge in [-0.3, -0.25) is 4.79 Å². The van der Waals surface area contributed by atoms with Crippen LogP contribution in [0.2, 0.25) is 0 Å². The average Bonchev–Trinajstić information content (AvgIpc) is 3.38. The summed E-state index contributed by atoms with van der Waals surface area (Å²) in [4.78, 5) is 29.7. The van der Waals surface area contributed by atoms with Crippen molar-refractivity contribution in [2.75, 3.05) is 44.2 Å². The van der Waals surface area contributed by atoms with Gasteiger partial charge in [0.15, 0.2) is 5.65 Å². The molecule has 1 amide bonds. The highest BCUT2D eigenvalue weighted by Crippen LogP contribution is 2.30. The Morgan fingerprint density at radius 3 is 2.44 bits per heavy atom. The minimum Gasteiger partial charge on any atom is -0.355 e. The number of fused-ring (bicyclic) bond motifs is 1. The van der Waals surface area contributed by atoms with Gasteiger partial charge < -0.3 is 14.7 Å². The van der Waals surface area contributed by atoms with Gasteiger partial charge in [-0.15, -0.1) is 5.10 Å². The molecule has 0 N–H and O–H groups in total. The molecule has 3 saturated heterocycles. The van der Waals surface area contributed by atoms with Crippen LogP contribution in [0.25, 0.3) is 16.7 Å². The molecule has 0 saturated carbocycles. The van der Waals surface area contributed by atoms with Crippen LogP contribution in [0.4, 0.5) is 5.82 Å². The first-order valence-corrected chi connectivity index (χ1v) is 13.7. The van der Waals surface area contributed by atoms with Gasteiger partial charge in [-0.1, -0.05) is 24.1 Å². The third-order valence-electron chi connectivity index (χ3n) is 8.35. The van der Waals surface area contributed by atoms with E-state index in [9.17, 15) is 4.79 Å². The number of anilines is 1. The molecule has 3 aliphatic heterocycles. The van der Waals surface area contributed by atoms with Gasteiger partial charge in [0.1, 0.15) is 12.1 Å². The Labute approximate surface area is 213 Å². The normalized spacial score (nSPS) is 22.3. The lowest BCUT2D eigenvalue weighted by molar-refractivity contribution is -0.137. The molecule has 0 radical (unpaired) electrons. The highest BCUT2D eigenvalue weighted by Gasteiger charge is 2.34. The van der Waals surface area contributed by atoms with E-state index in [4.69, 9.17) is 5.10 Å². The number of hydrogen-bond acceptors (Lipinski definition) is 6. The molecule has 1 atom stereocenters. The van der Waals surface area contributed by atoms with E-state index in [1.54, 1.807) is 6.33 Å². The second-order valence-corrected chi connectivity index (χ2v) is 10.8. The van der Waals surface area contributed by atoms with Crippen LogP contribution in [0.15, 0.2) is 36.8 Å². The van der Waals surface area contributed by atoms with E-state index in [1.807, 2.05) is 10.9 Å². The van der Waals surface area contributed by atoms with E-state index in [0.29, 0.717) is 24.1 Å². The number of likely N-dealkylation sites (tertiary alicyclic amines) is 2. The van der Waals surface area contributed by atoms with Crippen molar-refractivity contribution >= 4 is 22.8 Å². The fraction of sp³-hybridized carbons (Fsp3) is 0.571. The van der Waals surface area contributed by atoms with E-state index in [1.165, 1.54) is 37.9 Å². The molecule has 3 fully saturated rings. The first kappa shape index (κ1) is 23.4.